The fraction of sp³-hybridized carbons (Fsp3) is 0.769. The fourth-order valence-corrected chi connectivity index (χ4v) is 2.69. The molecule has 0 aromatic carbocycles. The molecule has 96 valence electrons. The van der Waals surface area contributed by atoms with E-state index >= 15 is 0 Å². The van der Waals surface area contributed by atoms with Gasteiger partial charge in [-0.1, -0.05) is 6.92 Å². The normalized spacial score (nSPS) is 17.9. The molecular weight excluding hydrogens is 212 g/mol. The van der Waals surface area contributed by atoms with Crippen LogP contribution in [-0.2, 0) is 13.6 Å². The highest BCUT2D eigenvalue weighted by Gasteiger charge is 2.20. The third-order valence-electron chi connectivity index (χ3n) is 3.70. The molecule has 0 unspecified atom stereocenters. The van der Waals surface area contributed by atoms with Crippen LogP contribution in [0.2, 0.25) is 0 Å². The molecule has 1 aliphatic heterocycles. The Morgan fingerprint density at radius 2 is 2.18 bits per heavy atom. The van der Waals surface area contributed by atoms with Crippen LogP contribution < -0.4 is 5.32 Å². The van der Waals surface area contributed by atoms with Gasteiger partial charge in [-0.2, -0.15) is 5.10 Å². The first-order valence-corrected chi connectivity index (χ1v) is 6.65. The first-order chi connectivity index (χ1) is 8.20. The topological polar surface area (TPSA) is 33.1 Å². The zero-order valence-electron chi connectivity index (χ0n) is 11.2. The van der Waals surface area contributed by atoms with Gasteiger partial charge in [-0.3, -0.25) is 9.58 Å². The summed E-state index contributed by atoms with van der Waals surface area (Å²) in [6.45, 7) is 8.78. The highest BCUT2D eigenvalue weighted by Crippen LogP contribution is 2.15. The Hall–Kier alpha value is -0.870. The van der Waals surface area contributed by atoms with Crippen molar-refractivity contribution >= 4 is 0 Å². The predicted octanol–water partition coefficient (Wildman–Crippen LogP) is 1.30. The molecular formula is C13H24N4. The highest BCUT2D eigenvalue weighted by molar-refractivity contribution is 5.08. The molecule has 1 aromatic heterocycles. The third kappa shape index (κ3) is 3.07. The van der Waals surface area contributed by atoms with Crippen molar-refractivity contribution in [3.8, 4) is 0 Å². The first kappa shape index (κ1) is 12.6. The lowest BCUT2D eigenvalue weighted by Crippen LogP contribution is -2.42. The average Bonchev–Trinajstić information content (AvgIpc) is 2.66. The third-order valence-corrected chi connectivity index (χ3v) is 3.70. The summed E-state index contributed by atoms with van der Waals surface area (Å²) in [5.74, 6) is 0. The van der Waals surface area contributed by atoms with Crippen LogP contribution in [0.5, 0.6) is 0 Å². The minimum atomic E-state index is 0.733. The number of hydrogen-bond donors (Lipinski definition) is 1. The Morgan fingerprint density at radius 1 is 1.47 bits per heavy atom. The molecule has 1 saturated heterocycles. The van der Waals surface area contributed by atoms with E-state index in [0.29, 0.717) is 0 Å². The second-order valence-electron chi connectivity index (χ2n) is 4.94. The lowest BCUT2D eigenvalue weighted by molar-refractivity contribution is 0.158. The van der Waals surface area contributed by atoms with Crippen molar-refractivity contribution < 1.29 is 0 Å². The van der Waals surface area contributed by atoms with E-state index in [1.807, 2.05) is 11.7 Å². The molecule has 0 aliphatic carbocycles. The molecule has 0 atom stereocenters. The Kier molecular flexibility index (Phi) is 4.18. The van der Waals surface area contributed by atoms with Crippen LogP contribution in [0.3, 0.4) is 0 Å². The van der Waals surface area contributed by atoms with Crippen molar-refractivity contribution in [3.05, 3.63) is 17.5 Å². The average molecular weight is 236 g/mol. The van der Waals surface area contributed by atoms with Crippen molar-refractivity contribution in [1.29, 1.82) is 0 Å². The van der Waals surface area contributed by atoms with Gasteiger partial charge in [0.05, 0.1) is 11.4 Å². The predicted molar refractivity (Wildman–Crippen MR) is 69.9 cm³/mol. The Balaban J connectivity index is 2.01. The second kappa shape index (κ2) is 5.65. The maximum Gasteiger partial charge on any atom is 0.0597 e. The maximum atomic E-state index is 4.42. The van der Waals surface area contributed by atoms with Crippen LogP contribution >= 0.6 is 0 Å². The summed E-state index contributed by atoms with van der Waals surface area (Å²) in [4.78, 5) is 2.58. The van der Waals surface area contributed by atoms with Crippen molar-refractivity contribution in [2.75, 3.05) is 19.6 Å². The molecule has 4 nitrogen and oxygen atoms in total. The molecule has 0 radical (unpaired) electrons. The van der Waals surface area contributed by atoms with Gasteiger partial charge in [-0.05, 0) is 45.5 Å². The summed E-state index contributed by atoms with van der Waals surface area (Å²) < 4.78 is 2.01. The van der Waals surface area contributed by atoms with Crippen molar-refractivity contribution in [1.82, 2.24) is 20.0 Å². The van der Waals surface area contributed by atoms with E-state index < -0.39 is 0 Å². The van der Waals surface area contributed by atoms with Crippen molar-refractivity contribution in [2.24, 2.45) is 7.05 Å². The molecule has 1 N–H and O–H groups in total. The Labute approximate surface area is 104 Å². The molecule has 1 fully saturated rings. The molecule has 0 bridgehead atoms. The zero-order chi connectivity index (χ0) is 12.3. The SMILES string of the molecule is CCN(Cc1cc(C)nn1C)C1CCNCC1. The number of nitrogens with zero attached hydrogens (tertiary/aromatic N) is 3. The summed E-state index contributed by atoms with van der Waals surface area (Å²) in [7, 11) is 2.04. The van der Waals surface area contributed by atoms with Gasteiger partial charge < -0.3 is 5.32 Å². The Morgan fingerprint density at radius 3 is 2.71 bits per heavy atom. The van der Waals surface area contributed by atoms with Crippen LogP contribution in [-0.4, -0.2) is 40.4 Å². The lowest BCUT2D eigenvalue weighted by atomic mass is 10.0. The van der Waals surface area contributed by atoms with Crippen molar-refractivity contribution in [2.45, 2.75) is 39.3 Å². The van der Waals surface area contributed by atoms with Gasteiger partial charge in [0.15, 0.2) is 0 Å². The lowest BCUT2D eigenvalue weighted by Gasteiger charge is -2.33. The smallest absolute Gasteiger partial charge is 0.0597 e. The largest absolute Gasteiger partial charge is 0.317 e. The van der Waals surface area contributed by atoms with E-state index in [2.05, 4.69) is 35.2 Å². The van der Waals surface area contributed by atoms with Crippen LogP contribution in [0.25, 0.3) is 0 Å². The van der Waals surface area contributed by atoms with Crippen LogP contribution in [0, 0.1) is 6.92 Å². The monoisotopic (exact) mass is 236 g/mol. The fourth-order valence-electron chi connectivity index (χ4n) is 2.69. The van der Waals surface area contributed by atoms with E-state index in [9.17, 15) is 0 Å². The zero-order valence-corrected chi connectivity index (χ0v) is 11.2. The summed E-state index contributed by atoms with van der Waals surface area (Å²) in [6, 6.07) is 2.93. The van der Waals surface area contributed by atoms with Crippen LogP contribution in [0.15, 0.2) is 6.07 Å². The Bertz CT molecular complexity index is 352. The van der Waals surface area contributed by atoms with Gasteiger partial charge in [0.1, 0.15) is 0 Å². The van der Waals surface area contributed by atoms with Gasteiger partial charge in [-0.15, -0.1) is 0 Å². The number of hydrogen-bond acceptors (Lipinski definition) is 3. The van der Waals surface area contributed by atoms with Crippen LogP contribution in [0.1, 0.15) is 31.2 Å². The van der Waals surface area contributed by atoms with Crippen molar-refractivity contribution in [3.63, 3.8) is 0 Å². The van der Waals surface area contributed by atoms with E-state index in [0.717, 1.165) is 37.9 Å². The molecule has 1 aliphatic rings. The minimum absolute atomic E-state index is 0.733. The van der Waals surface area contributed by atoms with E-state index in [1.165, 1.54) is 18.5 Å². The number of piperidine rings is 1. The van der Waals surface area contributed by atoms with Gasteiger partial charge in [0, 0.05) is 19.6 Å². The van der Waals surface area contributed by atoms with Crippen LogP contribution in [0.4, 0.5) is 0 Å². The second-order valence-corrected chi connectivity index (χ2v) is 4.94. The molecule has 4 heteroatoms. The molecule has 2 heterocycles. The van der Waals surface area contributed by atoms with E-state index in [-0.39, 0.29) is 0 Å². The molecule has 0 amide bonds. The highest BCUT2D eigenvalue weighted by atomic mass is 15.3. The molecule has 0 saturated carbocycles. The number of nitrogens with one attached hydrogen (secondary N) is 1. The minimum Gasteiger partial charge on any atom is -0.317 e. The molecule has 2 rings (SSSR count). The summed E-state index contributed by atoms with van der Waals surface area (Å²) in [6.07, 6.45) is 2.54. The van der Waals surface area contributed by atoms with Gasteiger partial charge >= 0.3 is 0 Å². The van der Waals surface area contributed by atoms with E-state index in [1.54, 1.807) is 0 Å². The summed E-state index contributed by atoms with van der Waals surface area (Å²) >= 11 is 0. The molecule has 0 spiro atoms. The van der Waals surface area contributed by atoms with E-state index in [4.69, 9.17) is 0 Å². The summed E-state index contributed by atoms with van der Waals surface area (Å²) in [5.41, 5.74) is 2.44. The number of aryl methyl sites for hydroxylation is 2. The standard InChI is InChI=1S/C13H24N4/c1-4-17(12-5-7-14-8-6-12)10-13-9-11(2)15-16(13)3/h9,12,14H,4-8,10H2,1-3H3. The van der Waals surface area contributed by atoms with Gasteiger partial charge in [0.25, 0.3) is 0 Å². The quantitative estimate of drug-likeness (QED) is 0.855. The number of aromatic nitrogens is 2. The van der Waals surface area contributed by atoms with Gasteiger partial charge in [0.2, 0.25) is 0 Å². The van der Waals surface area contributed by atoms with Gasteiger partial charge in [-0.25, -0.2) is 0 Å². The molecule has 17 heavy (non-hydrogen) atoms. The summed E-state index contributed by atoms with van der Waals surface area (Å²) in [5, 5.41) is 7.85. The first-order valence-electron chi connectivity index (χ1n) is 6.65. The molecule has 1 aromatic rings. The maximum absolute atomic E-state index is 4.42. The number of rotatable bonds is 4.